The highest BCUT2D eigenvalue weighted by Crippen LogP contribution is 2.40. The molecular formula is C29H33N3O5. The summed E-state index contributed by atoms with van der Waals surface area (Å²) in [6, 6.07) is 16.9. The van der Waals surface area contributed by atoms with Crippen molar-refractivity contribution in [3.05, 3.63) is 71.3 Å². The number of amides is 2. The van der Waals surface area contributed by atoms with E-state index in [1.54, 1.807) is 17.0 Å². The Morgan fingerprint density at radius 1 is 0.865 bits per heavy atom. The molecule has 0 aliphatic carbocycles. The van der Waals surface area contributed by atoms with Gasteiger partial charge in [-0.2, -0.15) is 0 Å². The third kappa shape index (κ3) is 5.54. The molecule has 1 aliphatic heterocycles. The highest BCUT2D eigenvalue weighted by Gasteiger charge is 2.26. The van der Waals surface area contributed by atoms with Crippen molar-refractivity contribution in [2.45, 2.75) is 19.3 Å². The number of anilines is 3. The number of fused-ring (bicyclic) bond motifs is 2. The minimum Gasteiger partial charge on any atom is -0.493 e. The van der Waals surface area contributed by atoms with Crippen molar-refractivity contribution in [1.29, 1.82) is 0 Å². The Bertz CT molecular complexity index is 1280. The van der Waals surface area contributed by atoms with Crippen LogP contribution >= 0.6 is 0 Å². The van der Waals surface area contributed by atoms with Crippen molar-refractivity contribution >= 4 is 28.9 Å². The summed E-state index contributed by atoms with van der Waals surface area (Å²) < 4.78 is 16.1. The Balaban J connectivity index is 1.70. The summed E-state index contributed by atoms with van der Waals surface area (Å²) in [5.41, 5.74) is 4.80. The largest absolute Gasteiger partial charge is 0.493 e. The number of hydrogen-bond acceptors (Lipinski definition) is 6. The number of aryl methyl sites for hydroxylation is 2. The summed E-state index contributed by atoms with van der Waals surface area (Å²) in [5.74, 6) is 0.875. The summed E-state index contributed by atoms with van der Waals surface area (Å²) in [4.78, 5) is 30.5. The smallest absolute Gasteiger partial charge is 0.255 e. The lowest BCUT2D eigenvalue weighted by molar-refractivity contribution is -0.118. The lowest BCUT2D eigenvalue weighted by Gasteiger charge is -2.26. The number of carbonyl (C=O) groups is 2. The van der Waals surface area contributed by atoms with E-state index < -0.39 is 0 Å². The van der Waals surface area contributed by atoms with E-state index in [4.69, 9.17) is 14.2 Å². The SMILES string of the molecule is COc1cc(C(=O)Nc2ccc3c(c2)N(C(=O)CCN(C)C)c2ccccc2CC3)cc(OC)c1OC. The predicted molar refractivity (Wildman–Crippen MR) is 145 cm³/mol. The topological polar surface area (TPSA) is 80.3 Å². The van der Waals surface area contributed by atoms with E-state index in [0.717, 1.165) is 35.3 Å². The van der Waals surface area contributed by atoms with Crippen molar-refractivity contribution in [2.24, 2.45) is 0 Å². The van der Waals surface area contributed by atoms with Gasteiger partial charge in [-0.15, -0.1) is 0 Å². The Kier molecular flexibility index (Phi) is 7.98. The van der Waals surface area contributed by atoms with Crippen LogP contribution in [0.5, 0.6) is 17.2 Å². The molecule has 0 unspecified atom stereocenters. The third-order valence-electron chi connectivity index (χ3n) is 6.43. The van der Waals surface area contributed by atoms with Gasteiger partial charge in [-0.25, -0.2) is 0 Å². The number of methoxy groups -OCH3 is 3. The van der Waals surface area contributed by atoms with Gasteiger partial charge in [-0.3, -0.25) is 14.5 Å². The van der Waals surface area contributed by atoms with Crippen molar-refractivity contribution in [1.82, 2.24) is 4.90 Å². The van der Waals surface area contributed by atoms with Crippen LogP contribution in [0.3, 0.4) is 0 Å². The molecule has 8 heteroatoms. The first kappa shape index (κ1) is 26.0. The molecule has 2 amide bonds. The molecular weight excluding hydrogens is 470 g/mol. The van der Waals surface area contributed by atoms with Gasteiger partial charge in [-0.05, 0) is 68.4 Å². The van der Waals surface area contributed by atoms with Crippen LogP contribution in [0, 0.1) is 0 Å². The molecule has 1 heterocycles. The van der Waals surface area contributed by atoms with Crippen molar-refractivity contribution in [2.75, 3.05) is 52.2 Å². The fraction of sp³-hybridized carbons (Fsp3) is 0.310. The quantitative estimate of drug-likeness (QED) is 0.481. The molecule has 37 heavy (non-hydrogen) atoms. The second-order valence-corrected chi connectivity index (χ2v) is 9.12. The summed E-state index contributed by atoms with van der Waals surface area (Å²) >= 11 is 0. The second-order valence-electron chi connectivity index (χ2n) is 9.12. The fourth-order valence-electron chi connectivity index (χ4n) is 4.52. The monoisotopic (exact) mass is 503 g/mol. The average molecular weight is 504 g/mol. The number of nitrogens with zero attached hydrogens (tertiary/aromatic N) is 2. The van der Waals surface area contributed by atoms with Crippen LogP contribution in [0.25, 0.3) is 0 Å². The molecule has 0 radical (unpaired) electrons. The number of benzene rings is 3. The Hall–Kier alpha value is -4.04. The van der Waals surface area contributed by atoms with Gasteiger partial charge in [-0.1, -0.05) is 24.3 Å². The Labute approximate surface area is 217 Å². The molecule has 0 spiro atoms. The predicted octanol–water partition coefficient (Wildman–Crippen LogP) is 4.68. The normalized spacial score (nSPS) is 12.3. The van der Waals surface area contributed by atoms with Gasteiger partial charge in [0.2, 0.25) is 11.7 Å². The minimum absolute atomic E-state index is 0.0115. The number of carbonyl (C=O) groups excluding carboxylic acids is 2. The zero-order valence-corrected chi connectivity index (χ0v) is 22.0. The maximum atomic E-state index is 13.5. The van der Waals surface area contributed by atoms with Crippen LogP contribution in [0.15, 0.2) is 54.6 Å². The maximum absolute atomic E-state index is 13.5. The summed E-state index contributed by atoms with van der Waals surface area (Å²) in [6.07, 6.45) is 2.01. The first-order valence-corrected chi connectivity index (χ1v) is 12.2. The number of nitrogens with one attached hydrogen (secondary N) is 1. The van der Waals surface area contributed by atoms with Gasteiger partial charge in [0.15, 0.2) is 11.5 Å². The highest BCUT2D eigenvalue weighted by atomic mass is 16.5. The maximum Gasteiger partial charge on any atom is 0.255 e. The van der Waals surface area contributed by atoms with Gasteiger partial charge in [0, 0.05) is 24.2 Å². The van der Waals surface area contributed by atoms with Crippen LogP contribution in [0.2, 0.25) is 0 Å². The number of hydrogen-bond donors (Lipinski definition) is 1. The zero-order valence-electron chi connectivity index (χ0n) is 22.0. The fourth-order valence-corrected chi connectivity index (χ4v) is 4.52. The van der Waals surface area contributed by atoms with Gasteiger partial charge < -0.3 is 24.4 Å². The Morgan fingerprint density at radius 2 is 1.51 bits per heavy atom. The van der Waals surface area contributed by atoms with E-state index in [1.807, 2.05) is 55.4 Å². The first-order valence-electron chi connectivity index (χ1n) is 12.2. The number of rotatable bonds is 8. The molecule has 4 rings (SSSR count). The van der Waals surface area contributed by atoms with Crippen molar-refractivity contribution in [3.8, 4) is 17.2 Å². The average Bonchev–Trinajstić information content (AvgIpc) is 3.07. The lowest BCUT2D eigenvalue weighted by atomic mass is 10.0. The molecule has 0 aromatic heterocycles. The van der Waals surface area contributed by atoms with Crippen molar-refractivity contribution in [3.63, 3.8) is 0 Å². The van der Waals surface area contributed by atoms with Gasteiger partial charge in [0.05, 0.1) is 32.7 Å². The molecule has 194 valence electrons. The van der Waals surface area contributed by atoms with Crippen molar-refractivity contribution < 1.29 is 23.8 Å². The standard InChI is InChI=1S/C29H33N3O5/c1-31(2)15-14-27(33)32-23-9-7-6-8-19(23)10-11-20-12-13-22(18-24(20)32)30-29(34)21-16-25(35-3)28(37-5)26(17-21)36-4/h6-9,12-13,16-18H,10-11,14-15H2,1-5H3,(H,30,34). The molecule has 1 aliphatic rings. The van der Waals surface area contributed by atoms with E-state index in [0.29, 0.717) is 41.5 Å². The van der Waals surface area contributed by atoms with E-state index in [2.05, 4.69) is 11.4 Å². The molecule has 3 aromatic carbocycles. The van der Waals surface area contributed by atoms with E-state index in [9.17, 15) is 9.59 Å². The third-order valence-corrected chi connectivity index (χ3v) is 6.43. The van der Waals surface area contributed by atoms with Gasteiger partial charge in [0.25, 0.3) is 5.91 Å². The minimum atomic E-state index is -0.335. The summed E-state index contributed by atoms with van der Waals surface area (Å²) in [7, 11) is 8.43. The molecule has 0 saturated heterocycles. The lowest BCUT2D eigenvalue weighted by Crippen LogP contribution is -2.30. The molecule has 8 nitrogen and oxygen atoms in total. The van der Waals surface area contributed by atoms with Crippen LogP contribution in [-0.2, 0) is 17.6 Å². The van der Waals surface area contributed by atoms with E-state index in [1.165, 1.54) is 21.3 Å². The molecule has 0 saturated carbocycles. The van der Waals surface area contributed by atoms with Gasteiger partial charge >= 0.3 is 0 Å². The molecule has 3 aromatic rings. The summed E-state index contributed by atoms with van der Waals surface area (Å²) in [5, 5.41) is 2.97. The van der Waals surface area contributed by atoms with Crippen LogP contribution in [-0.4, -0.2) is 58.7 Å². The zero-order chi connectivity index (χ0) is 26.5. The van der Waals surface area contributed by atoms with E-state index >= 15 is 0 Å². The van der Waals surface area contributed by atoms with Crippen LogP contribution in [0.1, 0.15) is 27.9 Å². The summed E-state index contributed by atoms with van der Waals surface area (Å²) in [6.45, 7) is 0.643. The highest BCUT2D eigenvalue weighted by molar-refractivity contribution is 6.07. The first-order chi connectivity index (χ1) is 17.9. The number of para-hydroxylation sites is 1. The van der Waals surface area contributed by atoms with Gasteiger partial charge in [0.1, 0.15) is 0 Å². The van der Waals surface area contributed by atoms with E-state index in [-0.39, 0.29) is 11.8 Å². The molecule has 0 fully saturated rings. The Morgan fingerprint density at radius 3 is 2.14 bits per heavy atom. The van der Waals surface area contributed by atoms with Crippen LogP contribution < -0.4 is 24.4 Å². The molecule has 1 N–H and O–H groups in total. The molecule has 0 bridgehead atoms. The second kappa shape index (κ2) is 11.3. The van der Waals surface area contributed by atoms with Crippen LogP contribution in [0.4, 0.5) is 17.1 Å². The number of ether oxygens (including phenoxy) is 3. The molecule has 0 atom stereocenters.